The van der Waals surface area contributed by atoms with Crippen molar-refractivity contribution in [1.82, 2.24) is 5.32 Å². The van der Waals surface area contributed by atoms with E-state index >= 15 is 0 Å². The molecule has 0 heterocycles. The first kappa shape index (κ1) is 13.4. The number of carbonyl (C=O) groups is 1. The number of halogens is 1. The molecule has 0 aliphatic heterocycles. The summed E-state index contributed by atoms with van der Waals surface area (Å²) in [5, 5.41) is 2.28. The third-order valence-corrected chi connectivity index (χ3v) is 2.98. The lowest BCUT2D eigenvalue weighted by Gasteiger charge is -2.28. The van der Waals surface area contributed by atoms with Crippen molar-refractivity contribution < 1.29 is 17.8 Å². The predicted octanol–water partition coefficient (Wildman–Crippen LogP) is -0.169. The maximum absolute atomic E-state index is 10.9. The fourth-order valence-electron chi connectivity index (χ4n) is 0.847. The lowest BCUT2D eigenvalue weighted by molar-refractivity contribution is -0.117. The molecule has 0 aliphatic rings. The van der Waals surface area contributed by atoms with Gasteiger partial charge in [-0.15, -0.1) is 11.6 Å². The molecule has 0 aromatic rings. The predicted molar refractivity (Wildman–Crippen MR) is 52.0 cm³/mol. The van der Waals surface area contributed by atoms with Crippen LogP contribution in [0.3, 0.4) is 0 Å². The van der Waals surface area contributed by atoms with Gasteiger partial charge in [-0.05, 0) is 13.0 Å². The molecule has 0 rings (SSSR count). The van der Waals surface area contributed by atoms with E-state index in [4.69, 9.17) is 11.6 Å². The van der Waals surface area contributed by atoms with Crippen LogP contribution in [0.15, 0.2) is 12.7 Å². The number of nitrogens with one attached hydrogen (secondary N) is 1. The Morgan fingerprint density at radius 1 is 1.71 bits per heavy atom. The van der Waals surface area contributed by atoms with E-state index < -0.39 is 27.3 Å². The maximum atomic E-state index is 10.9. The van der Waals surface area contributed by atoms with Crippen LogP contribution in [-0.2, 0) is 14.9 Å². The lowest BCUT2D eigenvalue weighted by atomic mass is 10.1. The Balaban J connectivity index is 4.64. The molecule has 5 nitrogen and oxygen atoms in total. The van der Waals surface area contributed by atoms with Gasteiger partial charge in [0.1, 0.15) is 0 Å². The molecular weight excluding hydrogens is 230 g/mol. The van der Waals surface area contributed by atoms with Crippen molar-refractivity contribution in [2.24, 2.45) is 0 Å². The molecular formula is C7H11ClNO4S-. The highest BCUT2D eigenvalue weighted by molar-refractivity contribution is 7.85. The number of amides is 1. The van der Waals surface area contributed by atoms with E-state index in [-0.39, 0.29) is 5.88 Å². The van der Waals surface area contributed by atoms with E-state index in [1.807, 2.05) is 0 Å². The van der Waals surface area contributed by atoms with E-state index in [2.05, 4.69) is 11.9 Å². The molecule has 1 unspecified atom stereocenters. The zero-order chi connectivity index (χ0) is 11.4. The largest absolute Gasteiger partial charge is 0.748 e. The Hall–Kier alpha value is -0.590. The second-order valence-corrected chi connectivity index (χ2v) is 4.76. The van der Waals surface area contributed by atoms with E-state index in [0.717, 1.165) is 6.08 Å². The molecule has 1 atom stereocenters. The zero-order valence-corrected chi connectivity index (χ0v) is 9.19. The third-order valence-electron chi connectivity index (χ3n) is 1.40. The summed E-state index contributed by atoms with van der Waals surface area (Å²) in [6.07, 6.45) is 0.974. The minimum absolute atomic E-state index is 0.173. The normalized spacial score (nSPS) is 15.6. The Labute approximate surface area is 87.9 Å². The standard InChI is InChI=1S/C7H12ClNO4S/c1-3-6(10)9-7(2,4-8)5-14(11,12)13/h3H,1,4-5H2,2H3,(H,9,10)(H,11,12,13)/p-1. The molecule has 0 spiro atoms. The van der Waals surface area contributed by atoms with Gasteiger partial charge >= 0.3 is 0 Å². The third kappa shape index (κ3) is 5.21. The maximum Gasteiger partial charge on any atom is 0.243 e. The first-order chi connectivity index (χ1) is 6.22. The van der Waals surface area contributed by atoms with Crippen LogP contribution in [0.5, 0.6) is 0 Å². The van der Waals surface area contributed by atoms with Gasteiger partial charge in [-0.2, -0.15) is 0 Å². The summed E-state index contributed by atoms with van der Waals surface area (Å²) in [4.78, 5) is 10.9. The quantitative estimate of drug-likeness (QED) is 0.411. The molecule has 0 radical (unpaired) electrons. The van der Waals surface area contributed by atoms with Crippen molar-refractivity contribution >= 4 is 27.6 Å². The van der Waals surface area contributed by atoms with Crippen LogP contribution in [0.4, 0.5) is 0 Å². The molecule has 0 aromatic carbocycles. The minimum atomic E-state index is -4.43. The number of alkyl halides is 1. The van der Waals surface area contributed by atoms with Gasteiger partial charge in [-0.1, -0.05) is 6.58 Å². The summed E-state index contributed by atoms with van der Waals surface area (Å²) < 4.78 is 31.5. The smallest absolute Gasteiger partial charge is 0.243 e. The van der Waals surface area contributed by atoms with Crippen LogP contribution >= 0.6 is 11.6 Å². The summed E-state index contributed by atoms with van der Waals surface area (Å²) in [6.45, 7) is 4.56. The molecule has 0 bridgehead atoms. The van der Waals surface area contributed by atoms with Crippen LogP contribution < -0.4 is 5.32 Å². The highest BCUT2D eigenvalue weighted by Crippen LogP contribution is 2.09. The molecule has 82 valence electrons. The van der Waals surface area contributed by atoms with Gasteiger partial charge in [0, 0.05) is 5.88 Å². The van der Waals surface area contributed by atoms with E-state index in [1.54, 1.807) is 0 Å². The molecule has 1 N–H and O–H groups in total. The summed E-state index contributed by atoms with van der Waals surface area (Å²) >= 11 is 5.46. The fourth-order valence-corrected chi connectivity index (χ4v) is 2.07. The molecule has 1 amide bonds. The Morgan fingerprint density at radius 2 is 2.21 bits per heavy atom. The van der Waals surface area contributed by atoms with E-state index in [0.29, 0.717) is 0 Å². The topological polar surface area (TPSA) is 86.3 Å². The molecule has 14 heavy (non-hydrogen) atoms. The Morgan fingerprint density at radius 3 is 2.50 bits per heavy atom. The van der Waals surface area contributed by atoms with Gasteiger partial charge in [-0.25, -0.2) is 8.42 Å². The number of hydrogen-bond donors (Lipinski definition) is 1. The SMILES string of the molecule is C=CC(=O)NC(C)(CCl)CS(=O)(=O)[O-]. The molecule has 0 saturated carbocycles. The van der Waals surface area contributed by atoms with Crippen molar-refractivity contribution in [1.29, 1.82) is 0 Å². The minimum Gasteiger partial charge on any atom is -0.748 e. The van der Waals surface area contributed by atoms with Gasteiger partial charge in [0.05, 0.1) is 21.4 Å². The first-order valence-electron chi connectivity index (χ1n) is 3.66. The molecule has 0 fully saturated rings. The summed E-state index contributed by atoms with van der Waals surface area (Å²) in [7, 11) is -4.43. The lowest BCUT2D eigenvalue weighted by Crippen LogP contribution is -2.51. The summed E-state index contributed by atoms with van der Waals surface area (Å²) in [6, 6.07) is 0. The average molecular weight is 241 g/mol. The molecule has 0 saturated heterocycles. The summed E-state index contributed by atoms with van der Waals surface area (Å²) in [5.41, 5.74) is -1.26. The van der Waals surface area contributed by atoms with Gasteiger partial charge in [0.15, 0.2) is 0 Å². The first-order valence-corrected chi connectivity index (χ1v) is 5.78. The number of rotatable bonds is 5. The van der Waals surface area contributed by atoms with Gasteiger partial charge in [0.25, 0.3) is 0 Å². The van der Waals surface area contributed by atoms with E-state index in [1.165, 1.54) is 6.92 Å². The highest BCUT2D eigenvalue weighted by atomic mass is 35.5. The van der Waals surface area contributed by atoms with Crippen molar-refractivity contribution in [3.8, 4) is 0 Å². The molecule has 0 aromatic heterocycles. The van der Waals surface area contributed by atoms with Crippen LogP contribution in [0.2, 0.25) is 0 Å². The van der Waals surface area contributed by atoms with Crippen LogP contribution in [0.25, 0.3) is 0 Å². The second-order valence-electron chi connectivity index (χ2n) is 3.09. The van der Waals surface area contributed by atoms with E-state index in [9.17, 15) is 17.8 Å². The van der Waals surface area contributed by atoms with Gasteiger partial charge in [-0.3, -0.25) is 4.79 Å². The number of hydrogen-bond acceptors (Lipinski definition) is 4. The monoisotopic (exact) mass is 240 g/mol. The molecule has 7 heteroatoms. The average Bonchev–Trinajstić information content (AvgIpc) is 2.00. The van der Waals surface area contributed by atoms with Crippen LogP contribution in [0, 0.1) is 0 Å². The fraction of sp³-hybridized carbons (Fsp3) is 0.571. The van der Waals surface area contributed by atoms with Crippen molar-refractivity contribution in [2.45, 2.75) is 12.5 Å². The highest BCUT2D eigenvalue weighted by Gasteiger charge is 2.27. The van der Waals surface area contributed by atoms with Crippen molar-refractivity contribution in [2.75, 3.05) is 11.6 Å². The Kier molecular flexibility index (Phi) is 4.57. The van der Waals surface area contributed by atoms with Crippen molar-refractivity contribution in [3.05, 3.63) is 12.7 Å². The van der Waals surface area contributed by atoms with Crippen LogP contribution in [0.1, 0.15) is 6.92 Å². The zero-order valence-electron chi connectivity index (χ0n) is 7.62. The van der Waals surface area contributed by atoms with Crippen molar-refractivity contribution in [3.63, 3.8) is 0 Å². The number of carbonyl (C=O) groups excluding carboxylic acids is 1. The van der Waals surface area contributed by atoms with Gasteiger partial charge in [0.2, 0.25) is 5.91 Å². The van der Waals surface area contributed by atoms with Gasteiger partial charge < -0.3 is 9.87 Å². The Bertz CT molecular complexity index is 327. The van der Waals surface area contributed by atoms with Crippen LogP contribution in [-0.4, -0.2) is 36.0 Å². The second kappa shape index (κ2) is 4.77. The summed E-state index contributed by atoms with van der Waals surface area (Å²) in [5.74, 6) is -1.49. The molecule has 0 aliphatic carbocycles.